The van der Waals surface area contributed by atoms with E-state index in [-0.39, 0.29) is 6.61 Å². The average Bonchev–Trinajstić information content (AvgIpc) is 1.72. The summed E-state index contributed by atoms with van der Waals surface area (Å²) in [7, 11) is 0. The number of carbonyl (C=O) groups is 1. The first-order chi connectivity index (χ1) is 3.35. The van der Waals surface area contributed by atoms with Crippen molar-refractivity contribution in [2.24, 2.45) is 0 Å². The standard InChI is InChI=1S/C5H8O2/c1-2-5(3-6)4-7/h2-3,7H,4H2,1H3/b5-2-. The molecule has 0 aromatic rings. The Balaban J connectivity index is 3.60. The molecule has 0 aromatic heterocycles. The molecule has 2 nitrogen and oxygen atoms in total. The first-order valence-corrected chi connectivity index (χ1v) is 2.06. The van der Waals surface area contributed by atoms with Gasteiger partial charge < -0.3 is 5.11 Å². The molecule has 2 heteroatoms. The lowest BCUT2D eigenvalue weighted by molar-refractivity contribution is -0.105. The van der Waals surface area contributed by atoms with Crippen LogP contribution in [0, 0.1) is 0 Å². The van der Waals surface area contributed by atoms with Gasteiger partial charge in [0.15, 0.2) is 0 Å². The van der Waals surface area contributed by atoms with Crippen molar-refractivity contribution in [1.29, 1.82) is 0 Å². The van der Waals surface area contributed by atoms with Crippen LogP contribution in [-0.4, -0.2) is 18.0 Å². The second-order valence-electron chi connectivity index (χ2n) is 1.14. The van der Waals surface area contributed by atoms with Crippen molar-refractivity contribution < 1.29 is 9.90 Å². The van der Waals surface area contributed by atoms with Crippen LogP contribution in [0.4, 0.5) is 0 Å². The van der Waals surface area contributed by atoms with Gasteiger partial charge in [0.1, 0.15) is 6.29 Å². The van der Waals surface area contributed by atoms with E-state index in [1.807, 2.05) is 0 Å². The van der Waals surface area contributed by atoms with E-state index in [1.54, 1.807) is 13.0 Å². The van der Waals surface area contributed by atoms with Crippen LogP contribution in [0.3, 0.4) is 0 Å². The summed E-state index contributed by atoms with van der Waals surface area (Å²) in [6.07, 6.45) is 2.22. The SMILES string of the molecule is C/C=C(/C=O)CO. The van der Waals surface area contributed by atoms with Gasteiger partial charge in [-0.2, -0.15) is 0 Å². The lowest BCUT2D eigenvalue weighted by Crippen LogP contribution is -1.88. The summed E-state index contributed by atoms with van der Waals surface area (Å²) in [6.45, 7) is 1.56. The Morgan fingerprint density at radius 3 is 2.43 bits per heavy atom. The quantitative estimate of drug-likeness (QED) is 0.395. The molecule has 7 heavy (non-hydrogen) atoms. The normalized spacial score (nSPS) is 11.4. The maximum atomic E-state index is 9.74. The fraction of sp³-hybridized carbons (Fsp3) is 0.400. The van der Waals surface area contributed by atoms with Crippen molar-refractivity contribution in [2.45, 2.75) is 6.92 Å². The molecule has 0 amide bonds. The monoisotopic (exact) mass is 100 g/mol. The molecule has 0 saturated carbocycles. The lowest BCUT2D eigenvalue weighted by Gasteiger charge is -1.83. The van der Waals surface area contributed by atoms with Gasteiger partial charge in [-0.3, -0.25) is 4.79 Å². The minimum absolute atomic E-state index is 0.153. The summed E-state index contributed by atoms with van der Waals surface area (Å²) < 4.78 is 0. The Morgan fingerprint density at radius 2 is 2.43 bits per heavy atom. The summed E-state index contributed by atoms with van der Waals surface area (Å²) in [5.74, 6) is 0. The molecular formula is C5H8O2. The Labute approximate surface area is 42.5 Å². The molecule has 0 unspecified atom stereocenters. The summed E-state index contributed by atoms with van der Waals surface area (Å²) >= 11 is 0. The molecule has 0 fully saturated rings. The zero-order valence-corrected chi connectivity index (χ0v) is 4.22. The minimum atomic E-state index is -0.153. The van der Waals surface area contributed by atoms with Gasteiger partial charge in [0.25, 0.3) is 0 Å². The first kappa shape index (κ1) is 6.37. The summed E-state index contributed by atoms with van der Waals surface area (Å²) in [5.41, 5.74) is 0.431. The number of hydrogen-bond acceptors (Lipinski definition) is 2. The summed E-state index contributed by atoms with van der Waals surface area (Å²) in [6, 6.07) is 0. The van der Waals surface area contributed by atoms with Gasteiger partial charge >= 0.3 is 0 Å². The van der Waals surface area contributed by atoms with E-state index in [0.717, 1.165) is 0 Å². The molecule has 0 aliphatic carbocycles. The van der Waals surface area contributed by atoms with E-state index in [9.17, 15) is 4.79 Å². The summed E-state index contributed by atoms with van der Waals surface area (Å²) in [5, 5.41) is 8.23. The fourth-order valence-corrected chi connectivity index (χ4v) is 0.197. The van der Waals surface area contributed by atoms with Crippen LogP contribution in [0.1, 0.15) is 6.92 Å². The topological polar surface area (TPSA) is 37.3 Å². The summed E-state index contributed by atoms with van der Waals surface area (Å²) in [4.78, 5) is 9.74. The van der Waals surface area contributed by atoms with E-state index < -0.39 is 0 Å². The zero-order valence-electron chi connectivity index (χ0n) is 4.22. The second-order valence-corrected chi connectivity index (χ2v) is 1.14. The van der Waals surface area contributed by atoms with Crippen LogP contribution in [0.15, 0.2) is 11.6 Å². The van der Waals surface area contributed by atoms with E-state index in [0.29, 0.717) is 11.9 Å². The maximum Gasteiger partial charge on any atom is 0.148 e. The third kappa shape index (κ3) is 2.11. The van der Waals surface area contributed by atoms with E-state index in [1.165, 1.54) is 0 Å². The number of carbonyl (C=O) groups excluding carboxylic acids is 1. The number of aliphatic hydroxyl groups excluding tert-OH is 1. The van der Waals surface area contributed by atoms with Gasteiger partial charge in [-0.1, -0.05) is 6.08 Å². The van der Waals surface area contributed by atoms with E-state index in [4.69, 9.17) is 5.11 Å². The molecule has 0 aliphatic rings. The highest BCUT2D eigenvalue weighted by atomic mass is 16.3. The molecule has 0 heterocycles. The molecule has 0 bridgehead atoms. The van der Waals surface area contributed by atoms with Crippen molar-refractivity contribution in [3.8, 4) is 0 Å². The number of aldehydes is 1. The van der Waals surface area contributed by atoms with Crippen LogP contribution in [0.5, 0.6) is 0 Å². The van der Waals surface area contributed by atoms with Crippen LogP contribution < -0.4 is 0 Å². The Kier molecular flexibility index (Phi) is 3.24. The molecule has 1 N–H and O–H groups in total. The van der Waals surface area contributed by atoms with Crippen LogP contribution >= 0.6 is 0 Å². The van der Waals surface area contributed by atoms with Gasteiger partial charge in [-0.25, -0.2) is 0 Å². The molecule has 0 saturated heterocycles. The maximum absolute atomic E-state index is 9.74. The third-order valence-electron chi connectivity index (χ3n) is 0.705. The van der Waals surface area contributed by atoms with Crippen molar-refractivity contribution in [1.82, 2.24) is 0 Å². The van der Waals surface area contributed by atoms with Crippen LogP contribution in [-0.2, 0) is 4.79 Å². The largest absolute Gasteiger partial charge is 0.392 e. The zero-order chi connectivity index (χ0) is 5.70. The van der Waals surface area contributed by atoms with Gasteiger partial charge in [0.2, 0.25) is 0 Å². The number of aliphatic hydroxyl groups is 1. The molecule has 0 spiro atoms. The van der Waals surface area contributed by atoms with Crippen molar-refractivity contribution in [3.63, 3.8) is 0 Å². The molecule has 0 aliphatic heterocycles. The third-order valence-corrected chi connectivity index (χ3v) is 0.705. The van der Waals surface area contributed by atoms with Gasteiger partial charge in [0.05, 0.1) is 6.61 Å². The smallest absolute Gasteiger partial charge is 0.148 e. The first-order valence-electron chi connectivity index (χ1n) is 2.06. The second kappa shape index (κ2) is 3.56. The number of allylic oxidation sites excluding steroid dienone is 1. The van der Waals surface area contributed by atoms with Crippen LogP contribution in [0.25, 0.3) is 0 Å². The van der Waals surface area contributed by atoms with E-state index >= 15 is 0 Å². The lowest BCUT2D eigenvalue weighted by atomic mass is 10.3. The average molecular weight is 100 g/mol. The van der Waals surface area contributed by atoms with E-state index in [2.05, 4.69) is 0 Å². The Hall–Kier alpha value is -0.630. The molecular weight excluding hydrogens is 92.1 g/mol. The molecule has 0 aromatic carbocycles. The van der Waals surface area contributed by atoms with Crippen molar-refractivity contribution in [2.75, 3.05) is 6.61 Å². The predicted octanol–water partition coefficient (Wildman–Crippen LogP) is 0.124. The Bertz CT molecular complexity index is 84.1. The van der Waals surface area contributed by atoms with Crippen molar-refractivity contribution >= 4 is 6.29 Å². The predicted molar refractivity (Wildman–Crippen MR) is 26.9 cm³/mol. The van der Waals surface area contributed by atoms with Gasteiger partial charge in [0, 0.05) is 5.57 Å². The molecule has 0 rings (SSSR count). The van der Waals surface area contributed by atoms with Crippen LogP contribution in [0.2, 0.25) is 0 Å². The number of hydrogen-bond donors (Lipinski definition) is 1. The Morgan fingerprint density at radius 1 is 1.86 bits per heavy atom. The molecule has 0 radical (unpaired) electrons. The number of rotatable bonds is 2. The molecule has 40 valence electrons. The van der Waals surface area contributed by atoms with Gasteiger partial charge in [-0.15, -0.1) is 0 Å². The highest BCUT2D eigenvalue weighted by molar-refractivity contribution is 5.73. The van der Waals surface area contributed by atoms with Gasteiger partial charge in [-0.05, 0) is 6.92 Å². The highest BCUT2D eigenvalue weighted by Crippen LogP contribution is 1.82. The molecule has 0 atom stereocenters. The fourth-order valence-electron chi connectivity index (χ4n) is 0.197. The highest BCUT2D eigenvalue weighted by Gasteiger charge is 1.83. The van der Waals surface area contributed by atoms with Crippen molar-refractivity contribution in [3.05, 3.63) is 11.6 Å². The minimum Gasteiger partial charge on any atom is -0.392 e.